The lowest BCUT2D eigenvalue weighted by Gasteiger charge is -2.24. The third kappa shape index (κ3) is 4.19. The highest BCUT2D eigenvalue weighted by Crippen LogP contribution is 2.09. The summed E-state index contributed by atoms with van der Waals surface area (Å²) in [5.41, 5.74) is 6.46. The molecule has 0 radical (unpaired) electrons. The number of amides is 1. The summed E-state index contributed by atoms with van der Waals surface area (Å²) in [5.74, 6) is -0.203. The van der Waals surface area contributed by atoms with E-state index in [1.165, 1.54) is 0 Å². The first-order valence-corrected chi connectivity index (χ1v) is 5.82. The van der Waals surface area contributed by atoms with E-state index in [1.807, 2.05) is 33.9 Å². The van der Waals surface area contributed by atoms with Gasteiger partial charge in [0.05, 0.1) is 5.92 Å². The number of carbonyl (C=O) groups is 1. The van der Waals surface area contributed by atoms with Crippen molar-refractivity contribution in [2.45, 2.75) is 32.7 Å². The van der Waals surface area contributed by atoms with Crippen LogP contribution in [0.4, 0.5) is 0 Å². The lowest BCUT2D eigenvalue weighted by molar-refractivity contribution is -0.126. The number of carbonyl (C=O) groups excluding carboxylic acids is 1. The van der Waals surface area contributed by atoms with Gasteiger partial charge in [-0.2, -0.15) is 5.10 Å². The molecule has 0 aliphatic carbocycles. The molecule has 3 N–H and O–H groups in total. The SMILES string of the molecule is Cn1nccc1CC(CN)C(=O)NC(C)(C)C. The highest BCUT2D eigenvalue weighted by atomic mass is 16.2. The number of nitrogens with zero attached hydrogens (tertiary/aromatic N) is 2. The smallest absolute Gasteiger partial charge is 0.225 e. The van der Waals surface area contributed by atoms with Crippen LogP contribution in [0.1, 0.15) is 26.5 Å². The molecule has 1 rings (SSSR count). The van der Waals surface area contributed by atoms with Gasteiger partial charge in [0.15, 0.2) is 0 Å². The number of hydrogen-bond donors (Lipinski definition) is 2. The molecule has 0 saturated heterocycles. The Bertz CT molecular complexity index is 378. The van der Waals surface area contributed by atoms with Crippen molar-refractivity contribution in [1.82, 2.24) is 15.1 Å². The van der Waals surface area contributed by atoms with E-state index in [0.29, 0.717) is 13.0 Å². The van der Waals surface area contributed by atoms with Gasteiger partial charge in [0.2, 0.25) is 5.91 Å². The molecule has 0 bridgehead atoms. The van der Waals surface area contributed by atoms with Gasteiger partial charge in [-0.25, -0.2) is 0 Å². The van der Waals surface area contributed by atoms with Crippen LogP contribution in [0.15, 0.2) is 12.3 Å². The van der Waals surface area contributed by atoms with E-state index in [0.717, 1.165) is 5.69 Å². The summed E-state index contributed by atoms with van der Waals surface area (Å²) < 4.78 is 1.77. The van der Waals surface area contributed by atoms with E-state index < -0.39 is 0 Å². The van der Waals surface area contributed by atoms with Crippen LogP contribution < -0.4 is 11.1 Å². The number of rotatable bonds is 4. The summed E-state index contributed by atoms with van der Waals surface area (Å²) in [6.07, 6.45) is 2.35. The summed E-state index contributed by atoms with van der Waals surface area (Å²) in [6.45, 7) is 6.22. The summed E-state index contributed by atoms with van der Waals surface area (Å²) in [4.78, 5) is 12.0. The fraction of sp³-hybridized carbons (Fsp3) is 0.667. The zero-order chi connectivity index (χ0) is 13.1. The van der Waals surface area contributed by atoms with Crippen molar-refractivity contribution in [3.8, 4) is 0 Å². The Hall–Kier alpha value is -1.36. The number of aryl methyl sites for hydroxylation is 1. The normalized spacial score (nSPS) is 13.5. The summed E-state index contributed by atoms with van der Waals surface area (Å²) in [6, 6.07) is 1.91. The zero-order valence-corrected chi connectivity index (χ0v) is 11.0. The molecular formula is C12H22N4O. The van der Waals surface area contributed by atoms with Crippen molar-refractivity contribution in [3.05, 3.63) is 18.0 Å². The first kappa shape index (κ1) is 13.7. The molecule has 1 unspecified atom stereocenters. The largest absolute Gasteiger partial charge is 0.351 e. The number of hydrogen-bond acceptors (Lipinski definition) is 3. The Morgan fingerprint density at radius 3 is 2.65 bits per heavy atom. The summed E-state index contributed by atoms with van der Waals surface area (Å²) in [7, 11) is 1.87. The summed E-state index contributed by atoms with van der Waals surface area (Å²) in [5, 5.41) is 7.04. The van der Waals surface area contributed by atoms with Crippen molar-refractivity contribution >= 4 is 5.91 Å². The van der Waals surface area contributed by atoms with Crippen LogP contribution in [-0.4, -0.2) is 27.8 Å². The minimum atomic E-state index is -0.225. The van der Waals surface area contributed by atoms with E-state index in [9.17, 15) is 4.79 Å². The van der Waals surface area contributed by atoms with Gasteiger partial charge in [-0.15, -0.1) is 0 Å². The Morgan fingerprint density at radius 2 is 2.24 bits per heavy atom. The average Bonchev–Trinajstić information content (AvgIpc) is 2.57. The van der Waals surface area contributed by atoms with Crippen LogP contribution in [0.25, 0.3) is 0 Å². The Kier molecular flexibility index (Phi) is 4.28. The second-order valence-corrected chi connectivity index (χ2v) is 5.32. The van der Waals surface area contributed by atoms with Gasteiger partial charge in [0.1, 0.15) is 0 Å². The maximum absolute atomic E-state index is 12.0. The van der Waals surface area contributed by atoms with Crippen LogP contribution in [0.5, 0.6) is 0 Å². The van der Waals surface area contributed by atoms with Crippen molar-refractivity contribution in [3.63, 3.8) is 0 Å². The van der Waals surface area contributed by atoms with Gasteiger partial charge in [0.25, 0.3) is 0 Å². The van der Waals surface area contributed by atoms with E-state index in [2.05, 4.69) is 10.4 Å². The Labute approximate surface area is 102 Å². The quantitative estimate of drug-likeness (QED) is 0.800. The molecule has 0 aliphatic heterocycles. The molecule has 1 amide bonds. The summed E-state index contributed by atoms with van der Waals surface area (Å²) >= 11 is 0. The molecular weight excluding hydrogens is 216 g/mol. The number of nitrogens with one attached hydrogen (secondary N) is 1. The Balaban J connectivity index is 2.66. The first-order valence-electron chi connectivity index (χ1n) is 5.82. The average molecular weight is 238 g/mol. The van der Waals surface area contributed by atoms with Crippen LogP contribution in [0.3, 0.4) is 0 Å². The maximum Gasteiger partial charge on any atom is 0.225 e. The van der Waals surface area contributed by atoms with Crippen molar-refractivity contribution < 1.29 is 4.79 Å². The van der Waals surface area contributed by atoms with Crippen LogP contribution in [0.2, 0.25) is 0 Å². The van der Waals surface area contributed by atoms with Crippen molar-refractivity contribution in [2.24, 2.45) is 18.7 Å². The van der Waals surface area contributed by atoms with Gasteiger partial charge >= 0.3 is 0 Å². The lowest BCUT2D eigenvalue weighted by atomic mass is 10.00. The maximum atomic E-state index is 12.0. The van der Waals surface area contributed by atoms with Crippen LogP contribution >= 0.6 is 0 Å². The molecule has 0 spiro atoms. The fourth-order valence-corrected chi connectivity index (χ4v) is 1.61. The molecule has 5 nitrogen and oxygen atoms in total. The first-order chi connectivity index (χ1) is 7.83. The Morgan fingerprint density at radius 1 is 1.59 bits per heavy atom. The minimum absolute atomic E-state index is 0.00111. The molecule has 5 heteroatoms. The topological polar surface area (TPSA) is 72.9 Å². The third-order valence-corrected chi connectivity index (χ3v) is 2.53. The lowest BCUT2D eigenvalue weighted by Crippen LogP contribution is -2.46. The van der Waals surface area contributed by atoms with Crippen molar-refractivity contribution in [1.29, 1.82) is 0 Å². The molecule has 1 heterocycles. The zero-order valence-electron chi connectivity index (χ0n) is 11.0. The third-order valence-electron chi connectivity index (χ3n) is 2.53. The monoisotopic (exact) mass is 238 g/mol. The van der Waals surface area contributed by atoms with E-state index in [4.69, 9.17) is 5.73 Å². The molecule has 0 aliphatic rings. The van der Waals surface area contributed by atoms with Crippen LogP contribution in [-0.2, 0) is 18.3 Å². The molecule has 1 aromatic heterocycles. The van der Waals surface area contributed by atoms with Crippen LogP contribution in [0, 0.1) is 5.92 Å². The van der Waals surface area contributed by atoms with Crippen molar-refractivity contribution in [2.75, 3.05) is 6.54 Å². The van der Waals surface area contributed by atoms with Gasteiger partial charge < -0.3 is 11.1 Å². The molecule has 0 saturated carbocycles. The predicted molar refractivity (Wildman–Crippen MR) is 67.4 cm³/mol. The molecule has 0 aromatic carbocycles. The fourth-order valence-electron chi connectivity index (χ4n) is 1.61. The van der Waals surface area contributed by atoms with Gasteiger partial charge in [-0.1, -0.05) is 0 Å². The standard InChI is InChI=1S/C12H22N4O/c1-12(2,3)15-11(17)9(8-13)7-10-5-6-14-16(10)4/h5-6,9H,7-8,13H2,1-4H3,(H,15,17). The molecule has 0 fully saturated rings. The van der Waals surface area contributed by atoms with E-state index in [-0.39, 0.29) is 17.4 Å². The van der Waals surface area contributed by atoms with Gasteiger partial charge in [0, 0.05) is 37.4 Å². The van der Waals surface area contributed by atoms with E-state index in [1.54, 1.807) is 10.9 Å². The number of nitrogens with two attached hydrogens (primary N) is 1. The predicted octanol–water partition coefficient (Wildman–Crippen LogP) is 0.452. The highest BCUT2D eigenvalue weighted by Gasteiger charge is 2.22. The molecule has 1 atom stereocenters. The van der Waals surface area contributed by atoms with Gasteiger partial charge in [-0.3, -0.25) is 9.48 Å². The molecule has 96 valence electrons. The second kappa shape index (κ2) is 5.31. The van der Waals surface area contributed by atoms with Gasteiger partial charge in [-0.05, 0) is 26.8 Å². The highest BCUT2D eigenvalue weighted by molar-refractivity contribution is 5.79. The number of aromatic nitrogens is 2. The molecule has 17 heavy (non-hydrogen) atoms. The van der Waals surface area contributed by atoms with E-state index >= 15 is 0 Å². The molecule has 1 aromatic rings. The second-order valence-electron chi connectivity index (χ2n) is 5.32. The minimum Gasteiger partial charge on any atom is -0.351 e.